The summed E-state index contributed by atoms with van der Waals surface area (Å²) in [6.07, 6.45) is 3.40. The molecular formula is C32H28N4O6S. The second-order valence-electron chi connectivity index (χ2n) is 10.4. The molecule has 3 aromatic carbocycles. The fourth-order valence-corrected chi connectivity index (χ4v) is 5.75. The van der Waals surface area contributed by atoms with Crippen LogP contribution in [-0.2, 0) is 20.9 Å². The van der Waals surface area contributed by atoms with Crippen LogP contribution in [0.1, 0.15) is 30.9 Å². The standard InChI is InChI=1S/C32H28N4O6S/c1-19(2)20-7-9-22(10-8-20)33-30(38)17-36-31(39)28(43-32(36)40)13-21-15-35(25-6-4-3-5-24(21)25)16-29(37)34-23-11-12-26-27(14-23)42-18-41-26/h3-15,19H,16-18H2,1-2H3,(H,33,38)(H,34,37)/b28-13-. The van der Waals surface area contributed by atoms with E-state index in [9.17, 15) is 19.2 Å². The van der Waals surface area contributed by atoms with Gasteiger partial charge in [0.25, 0.3) is 11.1 Å². The number of rotatable bonds is 8. The molecule has 1 saturated heterocycles. The summed E-state index contributed by atoms with van der Waals surface area (Å²) in [5.41, 5.74) is 3.77. The van der Waals surface area contributed by atoms with Gasteiger partial charge in [0.2, 0.25) is 18.6 Å². The zero-order chi connectivity index (χ0) is 30.1. The van der Waals surface area contributed by atoms with Gasteiger partial charge in [0, 0.05) is 40.1 Å². The summed E-state index contributed by atoms with van der Waals surface area (Å²) in [6.45, 7) is 3.93. The van der Waals surface area contributed by atoms with E-state index in [4.69, 9.17) is 9.47 Å². The van der Waals surface area contributed by atoms with E-state index in [0.29, 0.717) is 34.4 Å². The topological polar surface area (TPSA) is 119 Å². The lowest BCUT2D eigenvalue weighted by molar-refractivity contribution is -0.127. The van der Waals surface area contributed by atoms with Crippen LogP contribution in [0.2, 0.25) is 0 Å². The van der Waals surface area contributed by atoms with Crippen LogP contribution in [0.4, 0.5) is 16.2 Å². The summed E-state index contributed by atoms with van der Waals surface area (Å²) in [4.78, 5) is 52.6. The third kappa shape index (κ3) is 5.98. The Morgan fingerprint density at radius 1 is 0.907 bits per heavy atom. The summed E-state index contributed by atoms with van der Waals surface area (Å²) >= 11 is 0.781. The quantitative estimate of drug-likeness (QED) is 0.247. The molecule has 4 amide bonds. The van der Waals surface area contributed by atoms with E-state index in [1.165, 1.54) is 0 Å². The van der Waals surface area contributed by atoms with Gasteiger partial charge in [-0.3, -0.25) is 24.1 Å². The second-order valence-corrected chi connectivity index (χ2v) is 11.4. The smallest absolute Gasteiger partial charge is 0.294 e. The van der Waals surface area contributed by atoms with Crippen LogP contribution in [0, 0.1) is 0 Å². The Hall–Kier alpha value is -5.03. The van der Waals surface area contributed by atoms with Crippen LogP contribution in [0.15, 0.2) is 77.8 Å². The number of thioether (sulfide) groups is 1. The van der Waals surface area contributed by atoms with Gasteiger partial charge in [-0.15, -0.1) is 0 Å². The highest BCUT2D eigenvalue weighted by Crippen LogP contribution is 2.35. The molecule has 1 fully saturated rings. The Morgan fingerprint density at radius 3 is 2.40 bits per heavy atom. The van der Waals surface area contributed by atoms with Gasteiger partial charge < -0.3 is 24.7 Å². The monoisotopic (exact) mass is 596 g/mol. The Balaban J connectivity index is 1.15. The van der Waals surface area contributed by atoms with E-state index in [1.54, 1.807) is 47.2 Å². The minimum absolute atomic E-state index is 0.0165. The van der Waals surface area contributed by atoms with Crippen molar-refractivity contribution in [2.24, 2.45) is 0 Å². The van der Waals surface area contributed by atoms with Crippen molar-refractivity contribution in [2.75, 3.05) is 24.0 Å². The molecule has 4 aromatic rings. The van der Waals surface area contributed by atoms with Gasteiger partial charge in [-0.25, -0.2) is 0 Å². The van der Waals surface area contributed by atoms with Crippen molar-refractivity contribution >= 4 is 63.1 Å². The molecule has 2 aliphatic heterocycles. The average molecular weight is 597 g/mol. The number of aromatic nitrogens is 1. The van der Waals surface area contributed by atoms with Crippen molar-refractivity contribution < 1.29 is 28.7 Å². The van der Waals surface area contributed by atoms with E-state index in [1.807, 2.05) is 36.4 Å². The summed E-state index contributed by atoms with van der Waals surface area (Å²) in [6, 6.07) is 20.1. The van der Waals surface area contributed by atoms with E-state index < -0.39 is 23.6 Å². The van der Waals surface area contributed by atoms with Gasteiger partial charge in [0.1, 0.15) is 13.1 Å². The molecule has 11 heteroatoms. The molecule has 43 heavy (non-hydrogen) atoms. The highest BCUT2D eigenvalue weighted by molar-refractivity contribution is 8.18. The van der Waals surface area contributed by atoms with Crippen LogP contribution in [0.25, 0.3) is 17.0 Å². The summed E-state index contributed by atoms with van der Waals surface area (Å²) in [5.74, 6) is 0.290. The van der Waals surface area contributed by atoms with Gasteiger partial charge >= 0.3 is 0 Å². The minimum Gasteiger partial charge on any atom is -0.454 e. The first-order chi connectivity index (χ1) is 20.7. The number of hydrogen-bond acceptors (Lipinski definition) is 7. The van der Waals surface area contributed by atoms with Crippen LogP contribution >= 0.6 is 11.8 Å². The predicted octanol–water partition coefficient (Wildman–Crippen LogP) is 5.81. The Morgan fingerprint density at radius 2 is 1.60 bits per heavy atom. The first-order valence-electron chi connectivity index (χ1n) is 13.7. The van der Waals surface area contributed by atoms with Crippen molar-refractivity contribution in [1.29, 1.82) is 0 Å². The van der Waals surface area contributed by atoms with Crippen molar-refractivity contribution in [3.8, 4) is 11.5 Å². The molecular weight excluding hydrogens is 568 g/mol. The van der Waals surface area contributed by atoms with Crippen LogP contribution in [-0.4, -0.2) is 45.8 Å². The predicted molar refractivity (Wildman–Crippen MR) is 165 cm³/mol. The van der Waals surface area contributed by atoms with Gasteiger partial charge in [-0.1, -0.05) is 44.2 Å². The molecule has 0 spiro atoms. The minimum atomic E-state index is -0.544. The molecule has 0 saturated carbocycles. The molecule has 2 N–H and O–H groups in total. The second kappa shape index (κ2) is 11.7. The summed E-state index contributed by atoms with van der Waals surface area (Å²) < 4.78 is 12.5. The summed E-state index contributed by atoms with van der Waals surface area (Å²) in [7, 11) is 0. The molecule has 0 bridgehead atoms. The van der Waals surface area contributed by atoms with E-state index in [0.717, 1.165) is 33.1 Å². The van der Waals surface area contributed by atoms with E-state index >= 15 is 0 Å². The maximum atomic E-state index is 13.2. The highest BCUT2D eigenvalue weighted by Gasteiger charge is 2.36. The molecule has 10 nitrogen and oxygen atoms in total. The molecule has 2 aliphatic rings. The molecule has 6 rings (SSSR count). The van der Waals surface area contributed by atoms with Crippen LogP contribution < -0.4 is 20.1 Å². The molecule has 1 aromatic heterocycles. The highest BCUT2D eigenvalue weighted by atomic mass is 32.2. The number of imide groups is 1. The lowest BCUT2D eigenvalue weighted by Gasteiger charge is -2.13. The molecule has 0 radical (unpaired) electrons. The number of carbonyl (C=O) groups is 4. The molecule has 0 unspecified atom stereocenters. The number of nitrogens with one attached hydrogen (secondary N) is 2. The van der Waals surface area contributed by atoms with Crippen molar-refractivity contribution in [3.63, 3.8) is 0 Å². The first kappa shape index (κ1) is 28.1. The lowest BCUT2D eigenvalue weighted by Crippen LogP contribution is -2.36. The number of nitrogens with zero attached hydrogens (tertiary/aromatic N) is 2. The molecule has 218 valence electrons. The van der Waals surface area contributed by atoms with E-state index in [2.05, 4.69) is 24.5 Å². The third-order valence-corrected chi connectivity index (χ3v) is 8.02. The number of hydrogen-bond donors (Lipinski definition) is 2. The normalized spacial score (nSPS) is 15.1. The van der Waals surface area contributed by atoms with Crippen molar-refractivity contribution in [2.45, 2.75) is 26.3 Å². The van der Waals surface area contributed by atoms with Gasteiger partial charge in [0.15, 0.2) is 11.5 Å². The Bertz CT molecular complexity index is 1790. The van der Waals surface area contributed by atoms with E-state index in [-0.39, 0.29) is 24.2 Å². The first-order valence-corrected chi connectivity index (χ1v) is 14.5. The largest absolute Gasteiger partial charge is 0.454 e. The maximum Gasteiger partial charge on any atom is 0.294 e. The van der Waals surface area contributed by atoms with Crippen LogP contribution in [0.3, 0.4) is 0 Å². The van der Waals surface area contributed by atoms with Gasteiger partial charge in [-0.2, -0.15) is 0 Å². The van der Waals surface area contributed by atoms with Gasteiger partial charge in [-0.05, 0) is 59.7 Å². The summed E-state index contributed by atoms with van der Waals surface area (Å²) in [5, 5.41) is 5.91. The van der Waals surface area contributed by atoms with Crippen LogP contribution in [0.5, 0.6) is 11.5 Å². The number of para-hydroxylation sites is 1. The number of anilines is 2. The molecule has 0 atom stereocenters. The number of amides is 4. The average Bonchev–Trinajstić information content (AvgIpc) is 3.66. The number of benzene rings is 3. The SMILES string of the molecule is CC(C)c1ccc(NC(=O)CN2C(=O)S/C(=C\c3cn(CC(=O)Nc4ccc5c(c4)OCO5)c4ccccc34)C2=O)cc1. The third-order valence-electron chi connectivity index (χ3n) is 7.11. The zero-order valence-electron chi connectivity index (χ0n) is 23.5. The lowest BCUT2D eigenvalue weighted by atomic mass is 10.0. The van der Waals surface area contributed by atoms with Gasteiger partial charge in [0.05, 0.1) is 4.91 Å². The Kier molecular flexibility index (Phi) is 7.64. The molecule has 0 aliphatic carbocycles. The zero-order valence-corrected chi connectivity index (χ0v) is 24.3. The maximum absolute atomic E-state index is 13.2. The number of carbonyl (C=O) groups excluding carboxylic acids is 4. The fourth-order valence-electron chi connectivity index (χ4n) is 4.92. The Labute approximate surface area is 251 Å². The fraction of sp³-hybridized carbons (Fsp3) is 0.188. The molecule has 3 heterocycles. The van der Waals surface area contributed by atoms with Crippen molar-refractivity contribution in [3.05, 3.63) is 89.0 Å². The number of fused-ring (bicyclic) bond motifs is 2. The number of ether oxygens (including phenoxy) is 2. The van der Waals surface area contributed by atoms with Crippen molar-refractivity contribution in [1.82, 2.24) is 9.47 Å².